The Bertz CT molecular complexity index is 723. The third kappa shape index (κ3) is 2.99. The normalized spacial score (nSPS) is 11.8. The topological polar surface area (TPSA) is 64.8 Å². The smallest absolute Gasteiger partial charge is 0.296 e. The Morgan fingerprint density at radius 2 is 2.00 bits per heavy atom. The van der Waals surface area contributed by atoms with Crippen LogP contribution in [0.2, 0.25) is 0 Å². The van der Waals surface area contributed by atoms with Crippen molar-refractivity contribution in [1.82, 2.24) is 14.8 Å². The van der Waals surface area contributed by atoms with Gasteiger partial charge in [0.25, 0.3) is 14.2 Å². The molecule has 1 heterocycles. The maximum absolute atomic E-state index is 13.5. The summed E-state index contributed by atoms with van der Waals surface area (Å²) in [5.41, 5.74) is 1.18. The molecule has 2 rings (SSSR count). The highest BCUT2D eigenvalue weighted by Gasteiger charge is 2.23. The van der Waals surface area contributed by atoms with E-state index < -0.39 is 14.9 Å². The van der Waals surface area contributed by atoms with Crippen LogP contribution in [0.4, 0.5) is 4.39 Å². The lowest BCUT2D eigenvalue weighted by molar-refractivity contribution is 0.569. The van der Waals surface area contributed by atoms with Crippen molar-refractivity contribution in [2.24, 2.45) is 0 Å². The molecule has 1 aromatic heterocycles. The number of nitrogens with zero attached hydrogens (tertiary/aromatic N) is 3. The Labute approximate surface area is 120 Å². The van der Waals surface area contributed by atoms with Crippen LogP contribution in [0, 0.1) is 12.7 Å². The number of benzene rings is 1. The molecular formula is C12H13ClFN3O2S. The van der Waals surface area contributed by atoms with Gasteiger partial charge in [0.15, 0.2) is 5.82 Å². The number of hydrogen-bond acceptors (Lipinski definition) is 4. The first-order valence-corrected chi connectivity index (χ1v) is 8.29. The molecule has 0 radical (unpaired) electrons. The summed E-state index contributed by atoms with van der Waals surface area (Å²) in [4.78, 5) is 0. The van der Waals surface area contributed by atoms with Gasteiger partial charge in [-0.05, 0) is 37.1 Å². The van der Waals surface area contributed by atoms with Crippen LogP contribution in [-0.2, 0) is 15.6 Å². The van der Waals surface area contributed by atoms with Gasteiger partial charge in [0.2, 0.25) is 0 Å². The Balaban J connectivity index is 2.65. The number of aromatic nitrogens is 3. The Morgan fingerprint density at radius 1 is 1.30 bits per heavy atom. The van der Waals surface area contributed by atoms with Gasteiger partial charge >= 0.3 is 0 Å². The minimum absolute atomic E-state index is 0.286. The first kappa shape index (κ1) is 14.9. The Kier molecular flexibility index (Phi) is 4.10. The second-order valence-electron chi connectivity index (χ2n) is 4.41. The van der Waals surface area contributed by atoms with Gasteiger partial charge in [0.05, 0.1) is 0 Å². The van der Waals surface area contributed by atoms with E-state index in [4.69, 9.17) is 10.7 Å². The summed E-state index contributed by atoms with van der Waals surface area (Å²) < 4.78 is 37.8. The minimum atomic E-state index is -4.00. The van der Waals surface area contributed by atoms with Gasteiger partial charge in [-0.2, -0.15) is 0 Å². The summed E-state index contributed by atoms with van der Waals surface area (Å²) in [5, 5.41) is 7.13. The van der Waals surface area contributed by atoms with E-state index in [1.807, 2.05) is 6.92 Å². The van der Waals surface area contributed by atoms with Crippen molar-refractivity contribution >= 4 is 19.7 Å². The summed E-state index contributed by atoms with van der Waals surface area (Å²) in [6.07, 6.45) is 0.665. The summed E-state index contributed by atoms with van der Waals surface area (Å²) in [6, 6.07) is 4.38. The van der Waals surface area contributed by atoms with E-state index >= 15 is 0 Å². The molecule has 0 N–H and O–H groups in total. The molecule has 0 aliphatic rings. The number of rotatable bonds is 4. The zero-order valence-corrected chi connectivity index (χ0v) is 12.5. The summed E-state index contributed by atoms with van der Waals surface area (Å²) in [5.74, 6) is -0.130. The molecule has 0 unspecified atom stereocenters. The molecule has 5 nitrogen and oxygen atoms in total. The third-order valence-corrected chi connectivity index (χ3v) is 3.83. The molecule has 0 aliphatic heterocycles. The fourth-order valence-corrected chi connectivity index (χ4v) is 2.90. The average molecular weight is 318 g/mol. The molecule has 1 aromatic carbocycles. The molecule has 0 spiro atoms. The lowest BCUT2D eigenvalue weighted by Gasteiger charge is -2.08. The van der Waals surface area contributed by atoms with Crippen molar-refractivity contribution in [3.8, 4) is 11.4 Å². The van der Waals surface area contributed by atoms with Crippen LogP contribution in [0.1, 0.15) is 18.9 Å². The van der Waals surface area contributed by atoms with E-state index in [1.165, 1.54) is 16.7 Å². The number of aryl methyl sites for hydroxylation is 1. The molecule has 0 saturated carbocycles. The van der Waals surface area contributed by atoms with E-state index in [0.717, 1.165) is 0 Å². The van der Waals surface area contributed by atoms with Crippen LogP contribution in [-0.4, -0.2) is 23.2 Å². The fourth-order valence-electron chi connectivity index (χ4n) is 1.97. The first-order valence-electron chi connectivity index (χ1n) is 5.98. The van der Waals surface area contributed by atoms with Crippen LogP contribution in [0.15, 0.2) is 23.4 Å². The van der Waals surface area contributed by atoms with E-state index in [2.05, 4.69) is 10.2 Å². The number of hydrogen-bond donors (Lipinski definition) is 0. The van der Waals surface area contributed by atoms with E-state index in [9.17, 15) is 12.8 Å². The molecular weight excluding hydrogens is 305 g/mol. The highest BCUT2D eigenvalue weighted by Crippen LogP contribution is 2.24. The predicted octanol–water partition coefficient (Wildman–Crippen LogP) is 2.73. The van der Waals surface area contributed by atoms with Crippen LogP contribution >= 0.6 is 10.7 Å². The van der Waals surface area contributed by atoms with Crippen molar-refractivity contribution in [3.63, 3.8) is 0 Å². The summed E-state index contributed by atoms with van der Waals surface area (Å²) >= 11 is 0. The summed E-state index contributed by atoms with van der Waals surface area (Å²) in [6.45, 7) is 4.00. The molecule has 2 aromatic rings. The average Bonchev–Trinajstić information content (AvgIpc) is 2.71. The lowest BCUT2D eigenvalue weighted by Crippen LogP contribution is -2.07. The van der Waals surface area contributed by atoms with Crippen molar-refractivity contribution in [2.75, 3.05) is 0 Å². The molecule has 0 amide bonds. The molecule has 0 saturated heterocycles. The van der Waals surface area contributed by atoms with E-state index in [-0.39, 0.29) is 11.0 Å². The van der Waals surface area contributed by atoms with Crippen LogP contribution in [0.25, 0.3) is 11.4 Å². The first-order chi connectivity index (χ1) is 9.32. The van der Waals surface area contributed by atoms with Gasteiger partial charge in [0, 0.05) is 22.8 Å². The molecule has 20 heavy (non-hydrogen) atoms. The monoisotopic (exact) mass is 317 g/mol. The zero-order valence-electron chi connectivity index (χ0n) is 11.0. The quantitative estimate of drug-likeness (QED) is 0.813. The van der Waals surface area contributed by atoms with Crippen LogP contribution in [0.3, 0.4) is 0 Å². The van der Waals surface area contributed by atoms with Crippen LogP contribution in [0.5, 0.6) is 0 Å². The van der Waals surface area contributed by atoms with Gasteiger partial charge < -0.3 is 0 Å². The SMILES string of the molecule is CCCn1c(-c2cc(C)cc(F)c2)nnc1S(=O)(=O)Cl. The van der Waals surface area contributed by atoms with Crippen LogP contribution < -0.4 is 0 Å². The van der Waals surface area contributed by atoms with Crippen molar-refractivity contribution in [3.05, 3.63) is 29.6 Å². The second-order valence-corrected chi connectivity index (χ2v) is 6.87. The van der Waals surface area contributed by atoms with E-state index in [1.54, 1.807) is 13.0 Å². The maximum Gasteiger partial charge on any atom is 0.296 e. The van der Waals surface area contributed by atoms with Gasteiger partial charge in [-0.1, -0.05) is 6.92 Å². The second kappa shape index (κ2) is 5.49. The molecule has 0 aliphatic carbocycles. The highest BCUT2D eigenvalue weighted by atomic mass is 35.7. The molecule has 0 fully saturated rings. The fraction of sp³-hybridized carbons (Fsp3) is 0.333. The standard InChI is InChI=1S/C12H13ClFN3O2S/c1-3-4-17-11(15-16-12(17)20(13,18)19)9-5-8(2)6-10(14)7-9/h5-7H,3-4H2,1-2H3. The maximum atomic E-state index is 13.5. The van der Waals surface area contributed by atoms with Gasteiger partial charge in [0.1, 0.15) is 5.82 Å². The lowest BCUT2D eigenvalue weighted by atomic mass is 10.1. The number of halogens is 2. The van der Waals surface area contributed by atoms with Gasteiger partial charge in [-0.25, -0.2) is 12.8 Å². The van der Waals surface area contributed by atoms with Crippen molar-refractivity contribution < 1.29 is 12.8 Å². The third-order valence-electron chi connectivity index (χ3n) is 2.68. The van der Waals surface area contributed by atoms with Crippen molar-refractivity contribution in [1.29, 1.82) is 0 Å². The summed E-state index contributed by atoms with van der Waals surface area (Å²) in [7, 11) is 1.34. The molecule has 0 bridgehead atoms. The largest absolute Gasteiger partial charge is 0.297 e. The highest BCUT2D eigenvalue weighted by molar-refractivity contribution is 8.13. The van der Waals surface area contributed by atoms with E-state index in [0.29, 0.717) is 24.1 Å². The Hall–Kier alpha value is -1.47. The molecule has 0 atom stereocenters. The molecule has 108 valence electrons. The van der Waals surface area contributed by atoms with Gasteiger partial charge in [-0.15, -0.1) is 10.2 Å². The minimum Gasteiger partial charge on any atom is -0.297 e. The molecule has 8 heteroatoms. The predicted molar refractivity (Wildman–Crippen MR) is 73.5 cm³/mol. The Morgan fingerprint density at radius 3 is 2.55 bits per heavy atom. The van der Waals surface area contributed by atoms with Crippen molar-refractivity contribution in [2.45, 2.75) is 32.0 Å². The zero-order chi connectivity index (χ0) is 14.9. The van der Waals surface area contributed by atoms with Gasteiger partial charge in [-0.3, -0.25) is 4.57 Å².